The number of para-hydroxylation sites is 2. The van der Waals surface area contributed by atoms with Gasteiger partial charge in [-0.15, -0.1) is 0 Å². The Morgan fingerprint density at radius 1 is 0.964 bits per heavy atom. The van der Waals surface area contributed by atoms with Crippen LogP contribution in [0.2, 0.25) is 0 Å². The molecule has 0 saturated carbocycles. The highest BCUT2D eigenvalue weighted by molar-refractivity contribution is 6.22. The summed E-state index contributed by atoms with van der Waals surface area (Å²) in [7, 11) is 1.54. The Morgan fingerprint density at radius 3 is 2.18 bits per heavy atom. The average Bonchev–Trinajstić information content (AvgIpc) is 2.99. The molecule has 0 spiro atoms. The molecule has 0 radical (unpaired) electrons. The molecule has 1 heterocycles. The number of amides is 3. The summed E-state index contributed by atoms with van der Waals surface area (Å²) in [6.07, 6.45) is 5.12. The van der Waals surface area contributed by atoms with E-state index in [1.807, 2.05) is 18.2 Å². The van der Waals surface area contributed by atoms with Gasteiger partial charge in [-0.3, -0.25) is 19.3 Å². The Labute approximate surface area is 162 Å². The standard InChI is InChI=1S/C22H20N2O4/c1-28-19-9-5-4-8-18(19)23-20(25)14-10-12-15(13-11-14)24-21(26)16-6-2-3-7-17(16)22(24)27/h2-5,8-13,16-17H,6-7H2,1H3,(H,23,25). The second-order valence-corrected chi connectivity index (χ2v) is 6.87. The third-order valence-electron chi connectivity index (χ3n) is 5.25. The minimum Gasteiger partial charge on any atom is -0.495 e. The maximum Gasteiger partial charge on any atom is 0.255 e. The summed E-state index contributed by atoms with van der Waals surface area (Å²) in [6, 6.07) is 13.6. The molecule has 0 aromatic heterocycles. The van der Waals surface area contributed by atoms with Gasteiger partial charge in [0.1, 0.15) is 5.75 Å². The van der Waals surface area contributed by atoms with Gasteiger partial charge in [-0.2, -0.15) is 0 Å². The van der Waals surface area contributed by atoms with Gasteiger partial charge in [0.2, 0.25) is 11.8 Å². The lowest BCUT2D eigenvalue weighted by atomic mass is 9.85. The Morgan fingerprint density at radius 2 is 1.57 bits per heavy atom. The number of fused-ring (bicyclic) bond motifs is 1. The summed E-state index contributed by atoms with van der Waals surface area (Å²) in [5.74, 6) is -0.599. The second-order valence-electron chi connectivity index (χ2n) is 6.87. The molecule has 3 amide bonds. The fraction of sp³-hybridized carbons (Fsp3) is 0.227. The number of carbonyl (C=O) groups excluding carboxylic acids is 3. The average molecular weight is 376 g/mol. The highest BCUT2D eigenvalue weighted by Gasteiger charge is 2.47. The van der Waals surface area contributed by atoms with Crippen molar-refractivity contribution in [2.75, 3.05) is 17.3 Å². The normalized spacial score (nSPS) is 20.8. The molecule has 0 bridgehead atoms. The van der Waals surface area contributed by atoms with E-state index in [9.17, 15) is 14.4 Å². The highest BCUT2D eigenvalue weighted by atomic mass is 16.5. The first-order valence-electron chi connectivity index (χ1n) is 9.17. The fourth-order valence-corrected chi connectivity index (χ4v) is 3.76. The molecule has 6 nitrogen and oxygen atoms in total. The van der Waals surface area contributed by atoms with Crippen molar-refractivity contribution in [1.29, 1.82) is 0 Å². The Kier molecular flexibility index (Phi) is 4.69. The Hall–Kier alpha value is -3.41. The molecule has 2 aliphatic rings. The summed E-state index contributed by atoms with van der Waals surface area (Å²) in [5, 5.41) is 2.81. The first-order chi connectivity index (χ1) is 13.6. The third kappa shape index (κ3) is 3.07. The van der Waals surface area contributed by atoms with Crippen molar-refractivity contribution < 1.29 is 19.1 Å². The zero-order valence-corrected chi connectivity index (χ0v) is 15.4. The summed E-state index contributed by atoms with van der Waals surface area (Å²) in [5.41, 5.74) is 1.49. The number of anilines is 2. The molecule has 4 rings (SSSR count). The smallest absolute Gasteiger partial charge is 0.255 e. The summed E-state index contributed by atoms with van der Waals surface area (Å²) >= 11 is 0. The van der Waals surface area contributed by atoms with E-state index in [2.05, 4.69) is 5.32 Å². The molecule has 1 aliphatic carbocycles. The van der Waals surface area contributed by atoms with Crippen LogP contribution in [-0.2, 0) is 9.59 Å². The maximum atomic E-state index is 12.7. The molecule has 2 unspecified atom stereocenters. The van der Waals surface area contributed by atoms with Gasteiger partial charge in [-0.25, -0.2) is 0 Å². The molecular weight excluding hydrogens is 356 g/mol. The van der Waals surface area contributed by atoms with Crippen LogP contribution in [0.15, 0.2) is 60.7 Å². The van der Waals surface area contributed by atoms with Gasteiger partial charge >= 0.3 is 0 Å². The molecule has 2 atom stereocenters. The summed E-state index contributed by atoms with van der Waals surface area (Å²) in [6.45, 7) is 0. The fourth-order valence-electron chi connectivity index (χ4n) is 3.76. The maximum absolute atomic E-state index is 12.7. The number of imide groups is 1. The van der Waals surface area contributed by atoms with Gasteiger partial charge in [-0.1, -0.05) is 24.3 Å². The van der Waals surface area contributed by atoms with Gasteiger partial charge in [0, 0.05) is 5.56 Å². The number of rotatable bonds is 4. The monoisotopic (exact) mass is 376 g/mol. The van der Waals surface area contributed by atoms with Crippen molar-refractivity contribution in [3.05, 3.63) is 66.2 Å². The van der Waals surface area contributed by atoms with E-state index in [4.69, 9.17) is 4.74 Å². The van der Waals surface area contributed by atoms with E-state index in [0.717, 1.165) is 0 Å². The summed E-state index contributed by atoms with van der Waals surface area (Å²) < 4.78 is 5.24. The van der Waals surface area contributed by atoms with Crippen LogP contribution in [0.3, 0.4) is 0 Å². The number of hydrogen-bond donors (Lipinski definition) is 1. The molecule has 1 aliphatic heterocycles. The number of ether oxygens (including phenoxy) is 1. The first kappa shape index (κ1) is 18.0. The number of benzene rings is 2. The molecule has 1 saturated heterocycles. The van der Waals surface area contributed by atoms with Crippen molar-refractivity contribution in [1.82, 2.24) is 0 Å². The molecule has 6 heteroatoms. The van der Waals surface area contributed by atoms with Crippen LogP contribution in [0, 0.1) is 11.8 Å². The Balaban J connectivity index is 1.52. The number of nitrogens with one attached hydrogen (secondary N) is 1. The number of allylic oxidation sites excluding steroid dienone is 2. The zero-order chi connectivity index (χ0) is 19.7. The van der Waals surface area contributed by atoms with Gasteiger partial charge < -0.3 is 10.1 Å². The van der Waals surface area contributed by atoms with Crippen molar-refractivity contribution in [2.45, 2.75) is 12.8 Å². The van der Waals surface area contributed by atoms with E-state index in [-0.39, 0.29) is 29.6 Å². The third-order valence-corrected chi connectivity index (χ3v) is 5.25. The van der Waals surface area contributed by atoms with E-state index >= 15 is 0 Å². The predicted molar refractivity (Wildman–Crippen MR) is 105 cm³/mol. The molecule has 28 heavy (non-hydrogen) atoms. The Bertz CT molecular complexity index is 939. The van der Waals surface area contributed by atoms with E-state index in [0.29, 0.717) is 35.5 Å². The lowest BCUT2D eigenvalue weighted by Gasteiger charge is -2.15. The van der Waals surface area contributed by atoms with Crippen LogP contribution in [0.4, 0.5) is 11.4 Å². The number of nitrogens with zero attached hydrogens (tertiary/aromatic N) is 1. The quantitative estimate of drug-likeness (QED) is 0.655. The first-order valence-corrected chi connectivity index (χ1v) is 9.17. The van der Waals surface area contributed by atoms with Crippen LogP contribution in [0.25, 0.3) is 0 Å². The van der Waals surface area contributed by atoms with E-state index < -0.39 is 0 Å². The zero-order valence-electron chi connectivity index (χ0n) is 15.4. The lowest BCUT2D eigenvalue weighted by Crippen LogP contribution is -2.30. The van der Waals surface area contributed by atoms with Gasteiger partial charge in [-0.05, 0) is 49.2 Å². The molecule has 142 valence electrons. The van der Waals surface area contributed by atoms with Crippen LogP contribution in [0.1, 0.15) is 23.2 Å². The van der Waals surface area contributed by atoms with Crippen LogP contribution in [-0.4, -0.2) is 24.8 Å². The molecular formula is C22H20N2O4. The van der Waals surface area contributed by atoms with Gasteiger partial charge in [0.15, 0.2) is 0 Å². The largest absolute Gasteiger partial charge is 0.495 e. The van der Waals surface area contributed by atoms with E-state index in [1.165, 1.54) is 12.0 Å². The van der Waals surface area contributed by atoms with E-state index in [1.54, 1.807) is 42.5 Å². The van der Waals surface area contributed by atoms with Crippen molar-refractivity contribution in [3.63, 3.8) is 0 Å². The number of methoxy groups -OCH3 is 1. The van der Waals surface area contributed by atoms with Gasteiger partial charge in [0.05, 0.1) is 30.3 Å². The molecule has 2 aromatic carbocycles. The molecule has 1 fully saturated rings. The molecule has 1 N–H and O–H groups in total. The van der Waals surface area contributed by atoms with Crippen molar-refractivity contribution >= 4 is 29.1 Å². The number of hydrogen-bond acceptors (Lipinski definition) is 4. The van der Waals surface area contributed by atoms with Gasteiger partial charge in [0.25, 0.3) is 5.91 Å². The lowest BCUT2D eigenvalue weighted by molar-refractivity contribution is -0.122. The van der Waals surface area contributed by atoms with Crippen LogP contribution in [0.5, 0.6) is 5.75 Å². The van der Waals surface area contributed by atoms with Crippen LogP contribution >= 0.6 is 0 Å². The highest BCUT2D eigenvalue weighted by Crippen LogP contribution is 2.37. The topological polar surface area (TPSA) is 75.7 Å². The van der Waals surface area contributed by atoms with Crippen molar-refractivity contribution in [3.8, 4) is 5.75 Å². The SMILES string of the molecule is COc1ccccc1NC(=O)c1ccc(N2C(=O)C3CC=CCC3C2=O)cc1. The summed E-state index contributed by atoms with van der Waals surface area (Å²) in [4.78, 5) is 39.1. The molecule has 2 aromatic rings. The number of carbonyl (C=O) groups is 3. The second kappa shape index (κ2) is 7.31. The van der Waals surface area contributed by atoms with Crippen LogP contribution < -0.4 is 15.0 Å². The van der Waals surface area contributed by atoms with Crippen molar-refractivity contribution in [2.24, 2.45) is 11.8 Å². The minimum atomic E-state index is -0.298. The predicted octanol–water partition coefficient (Wildman–Crippen LogP) is 3.40. The minimum absolute atomic E-state index is 0.162.